The first-order valence-corrected chi connectivity index (χ1v) is 5.12. The molecule has 1 aromatic rings. The molecule has 78 valence electrons. The zero-order valence-electron chi connectivity index (χ0n) is 9.59. The third-order valence-corrected chi connectivity index (χ3v) is 2.96. The number of rotatable bonds is 0. The van der Waals surface area contributed by atoms with Crippen LogP contribution in [0.15, 0.2) is 18.2 Å². The zero-order chi connectivity index (χ0) is 11.3. The van der Waals surface area contributed by atoms with E-state index in [0.29, 0.717) is 5.56 Å². The Kier molecular flexibility index (Phi) is 1.93. The zero-order valence-corrected chi connectivity index (χ0v) is 9.59. The van der Waals surface area contributed by atoms with Gasteiger partial charge in [-0.25, -0.2) is 0 Å². The fourth-order valence-electron chi connectivity index (χ4n) is 2.38. The molecular weight excluding hydrogens is 186 g/mol. The highest BCUT2D eigenvalue weighted by Gasteiger charge is 2.42. The van der Waals surface area contributed by atoms with E-state index >= 15 is 0 Å². The van der Waals surface area contributed by atoms with Crippen LogP contribution in [0.5, 0.6) is 0 Å². The molecule has 1 aliphatic rings. The van der Waals surface area contributed by atoms with Crippen molar-refractivity contribution in [3.05, 3.63) is 34.9 Å². The standard InChI is InChI=1S/C13H15NO/c1-12(2)10-6-5-9(8-14)7-11(10)13(3,4)15-12/h5-7H,1-4H3. The van der Waals surface area contributed by atoms with E-state index in [1.807, 2.05) is 32.0 Å². The Balaban J connectivity index is 2.67. The maximum absolute atomic E-state index is 8.88. The van der Waals surface area contributed by atoms with Gasteiger partial charge in [0.25, 0.3) is 0 Å². The van der Waals surface area contributed by atoms with Crippen LogP contribution < -0.4 is 0 Å². The average molecular weight is 201 g/mol. The summed E-state index contributed by atoms with van der Waals surface area (Å²) in [4.78, 5) is 0. The van der Waals surface area contributed by atoms with Crippen LogP contribution in [-0.2, 0) is 15.9 Å². The van der Waals surface area contributed by atoms with E-state index in [2.05, 4.69) is 19.9 Å². The van der Waals surface area contributed by atoms with Gasteiger partial charge in [-0.3, -0.25) is 0 Å². The fourth-order valence-corrected chi connectivity index (χ4v) is 2.38. The first kappa shape index (κ1) is 10.2. The van der Waals surface area contributed by atoms with Gasteiger partial charge in [-0.1, -0.05) is 6.07 Å². The molecule has 2 rings (SSSR count). The predicted molar refractivity (Wildman–Crippen MR) is 58.3 cm³/mol. The Morgan fingerprint density at radius 2 is 1.67 bits per heavy atom. The summed E-state index contributed by atoms with van der Waals surface area (Å²) < 4.78 is 6.00. The molecule has 0 atom stereocenters. The van der Waals surface area contributed by atoms with Crippen molar-refractivity contribution in [1.82, 2.24) is 0 Å². The van der Waals surface area contributed by atoms with Crippen LogP contribution in [0, 0.1) is 11.3 Å². The molecule has 0 saturated carbocycles. The normalized spacial score (nSPS) is 20.7. The topological polar surface area (TPSA) is 33.0 Å². The molecule has 0 N–H and O–H groups in total. The van der Waals surface area contributed by atoms with Crippen LogP contribution in [0.25, 0.3) is 0 Å². The summed E-state index contributed by atoms with van der Waals surface area (Å²) in [7, 11) is 0. The van der Waals surface area contributed by atoms with Crippen molar-refractivity contribution in [2.24, 2.45) is 0 Å². The second-order valence-corrected chi connectivity index (χ2v) is 4.99. The highest BCUT2D eigenvalue weighted by atomic mass is 16.5. The molecule has 0 unspecified atom stereocenters. The molecule has 0 saturated heterocycles. The van der Waals surface area contributed by atoms with Crippen molar-refractivity contribution in [3.63, 3.8) is 0 Å². The summed E-state index contributed by atoms with van der Waals surface area (Å²) >= 11 is 0. The number of nitriles is 1. The van der Waals surface area contributed by atoms with Crippen LogP contribution in [0.3, 0.4) is 0 Å². The Labute approximate surface area is 90.5 Å². The summed E-state index contributed by atoms with van der Waals surface area (Å²) in [6, 6.07) is 7.96. The average Bonchev–Trinajstić information content (AvgIpc) is 2.32. The molecular formula is C13H15NO. The lowest BCUT2D eigenvalue weighted by Crippen LogP contribution is -2.22. The van der Waals surface area contributed by atoms with Gasteiger partial charge in [-0.05, 0) is 51.0 Å². The van der Waals surface area contributed by atoms with Gasteiger partial charge >= 0.3 is 0 Å². The highest BCUT2D eigenvalue weighted by Crippen LogP contribution is 2.46. The molecule has 0 bridgehead atoms. The van der Waals surface area contributed by atoms with E-state index in [1.54, 1.807) is 0 Å². The molecule has 0 fully saturated rings. The molecule has 15 heavy (non-hydrogen) atoms. The van der Waals surface area contributed by atoms with Crippen molar-refractivity contribution in [1.29, 1.82) is 5.26 Å². The monoisotopic (exact) mass is 201 g/mol. The molecule has 1 aromatic carbocycles. The van der Waals surface area contributed by atoms with Gasteiger partial charge in [0, 0.05) is 0 Å². The van der Waals surface area contributed by atoms with Crippen molar-refractivity contribution in [3.8, 4) is 6.07 Å². The quantitative estimate of drug-likeness (QED) is 0.646. The minimum absolute atomic E-state index is 0.257. The lowest BCUT2D eigenvalue weighted by molar-refractivity contribution is -0.105. The van der Waals surface area contributed by atoms with E-state index < -0.39 is 0 Å². The van der Waals surface area contributed by atoms with Gasteiger partial charge < -0.3 is 4.74 Å². The molecule has 0 aliphatic carbocycles. The molecule has 0 spiro atoms. The van der Waals surface area contributed by atoms with Crippen molar-refractivity contribution in [2.75, 3.05) is 0 Å². The summed E-state index contributed by atoms with van der Waals surface area (Å²) in [6.45, 7) is 8.21. The van der Waals surface area contributed by atoms with Gasteiger partial charge in [0.1, 0.15) is 0 Å². The van der Waals surface area contributed by atoms with Crippen LogP contribution in [0.2, 0.25) is 0 Å². The number of fused-ring (bicyclic) bond motifs is 1. The van der Waals surface area contributed by atoms with E-state index in [4.69, 9.17) is 10.00 Å². The molecule has 2 heteroatoms. The molecule has 1 aliphatic heterocycles. The number of hydrogen-bond donors (Lipinski definition) is 0. The summed E-state index contributed by atoms with van der Waals surface area (Å²) in [6.07, 6.45) is 0. The number of ether oxygens (including phenoxy) is 1. The number of benzene rings is 1. The third kappa shape index (κ3) is 1.44. The maximum atomic E-state index is 8.88. The molecule has 1 heterocycles. The molecule has 0 amide bonds. The molecule has 0 aromatic heterocycles. The Morgan fingerprint density at radius 3 is 2.27 bits per heavy atom. The number of hydrogen-bond acceptors (Lipinski definition) is 2. The first-order valence-electron chi connectivity index (χ1n) is 5.12. The van der Waals surface area contributed by atoms with Crippen molar-refractivity contribution in [2.45, 2.75) is 38.9 Å². The molecule has 0 radical (unpaired) electrons. The largest absolute Gasteiger partial charge is 0.360 e. The summed E-state index contributed by atoms with van der Waals surface area (Å²) in [5.41, 5.74) is 2.46. The lowest BCUT2D eigenvalue weighted by Gasteiger charge is -2.24. The Hall–Kier alpha value is -1.33. The van der Waals surface area contributed by atoms with Gasteiger partial charge in [0.05, 0.1) is 22.8 Å². The highest BCUT2D eigenvalue weighted by molar-refractivity contribution is 5.45. The van der Waals surface area contributed by atoms with Crippen molar-refractivity contribution < 1.29 is 4.74 Å². The fraction of sp³-hybridized carbons (Fsp3) is 0.462. The number of nitrogens with zero attached hydrogens (tertiary/aromatic N) is 1. The van der Waals surface area contributed by atoms with Gasteiger partial charge in [0.15, 0.2) is 0 Å². The van der Waals surface area contributed by atoms with Gasteiger partial charge in [-0.2, -0.15) is 5.26 Å². The van der Waals surface area contributed by atoms with Crippen LogP contribution in [0.1, 0.15) is 44.4 Å². The molecule has 2 nitrogen and oxygen atoms in total. The van der Waals surface area contributed by atoms with Gasteiger partial charge in [-0.15, -0.1) is 0 Å². The lowest BCUT2D eigenvalue weighted by atomic mass is 9.89. The Bertz CT molecular complexity index is 452. The van der Waals surface area contributed by atoms with Crippen LogP contribution in [-0.4, -0.2) is 0 Å². The van der Waals surface area contributed by atoms with Crippen LogP contribution in [0.4, 0.5) is 0 Å². The second-order valence-electron chi connectivity index (χ2n) is 4.99. The minimum atomic E-state index is -0.300. The van der Waals surface area contributed by atoms with E-state index in [1.165, 1.54) is 5.56 Å². The maximum Gasteiger partial charge on any atom is 0.0991 e. The second kappa shape index (κ2) is 2.84. The van der Waals surface area contributed by atoms with Crippen molar-refractivity contribution >= 4 is 0 Å². The predicted octanol–water partition coefficient (Wildman–Crippen LogP) is 3.06. The SMILES string of the molecule is CC1(C)OC(C)(C)c2cc(C#N)ccc21. The third-order valence-electron chi connectivity index (χ3n) is 2.96. The van der Waals surface area contributed by atoms with E-state index in [9.17, 15) is 0 Å². The van der Waals surface area contributed by atoms with E-state index in [-0.39, 0.29) is 11.2 Å². The smallest absolute Gasteiger partial charge is 0.0991 e. The minimum Gasteiger partial charge on any atom is -0.360 e. The van der Waals surface area contributed by atoms with Gasteiger partial charge in [0.2, 0.25) is 0 Å². The first-order chi connectivity index (χ1) is 6.87. The summed E-state index contributed by atoms with van der Waals surface area (Å²) in [5.74, 6) is 0. The Morgan fingerprint density at radius 1 is 1.07 bits per heavy atom. The van der Waals surface area contributed by atoms with Crippen LogP contribution >= 0.6 is 0 Å². The summed E-state index contributed by atoms with van der Waals surface area (Å²) in [5, 5.41) is 8.88. The van der Waals surface area contributed by atoms with E-state index in [0.717, 1.165) is 5.56 Å².